The molecule has 2 aliphatic carbocycles. The first-order chi connectivity index (χ1) is 4.45. The van der Waals surface area contributed by atoms with Crippen LogP contribution in [0, 0.1) is 5.92 Å². The van der Waals surface area contributed by atoms with E-state index >= 15 is 0 Å². The van der Waals surface area contributed by atoms with Gasteiger partial charge in [0.2, 0.25) is 0 Å². The molecule has 0 aromatic rings. The molecule has 0 radical (unpaired) electrons. The van der Waals surface area contributed by atoms with E-state index in [2.05, 4.69) is 6.08 Å². The van der Waals surface area contributed by atoms with Gasteiger partial charge in [0.05, 0.1) is 0 Å². The Bertz CT molecular complexity index is 133. The molecular formula is C9H14. The summed E-state index contributed by atoms with van der Waals surface area (Å²) in [6.45, 7) is 0. The zero-order valence-electron chi connectivity index (χ0n) is 5.90. The molecule has 0 aromatic heterocycles. The second-order valence-electron chi connectivity index (χ2n) is 3.40. The standard InChI is InChI=1S/C9H14/c1-3-8-5-2-6-9(4-1)7-8/h3,9H,1-2,4-7H2/t9-/m1/s1. The lowest BCUT2D eigenvalue weighted by Crippen LogP contribution is -2.11. The highest BCUT2D eigenvalue weighted by molar-refractivity contribution is 5.09. The van der Waals surface area contributed by atoms with Crippen LogP contribution in [0.15, 0.2) is 11.6 Å². The van der Waals surface area contributed by atoms with Crippen molar-refractivity contribution in [2.45, 2.75) is 38.5 Å². The lowest BCUT2D eigenvalue weighted by molar-refractivity contribution is 0.376. The van der Waals surface area contributed by atoms with Crippen LogP contribution in [0.5, 0.6) is 0 Å². The molecular weight excluding hydrogens is 108 g/mol. The SMILES string of the molecule is C1=C2CCC[C@@H](CC1)C2. The van der Waals surface area contributed by atoms with Crippen molar-refractivity contribution in [2.24, 2.45) is 5.92 Å². The third kappa shape index (κ3) is 1.03. The van der Waals surface area contributed by atoms with E-state index in [1.165, 1.54) is 38.5 Å². The predicted molar refractivity (Wildman–Crippen MR) is 39.3 cm³/mol. The number of allylic oxidation sites excluding steroid dienone is 2. The van der Waals surface area contributed by atoms with Gasteiger partial charge in [0.1, 0.15) is 0 Å². The highest BCUT2D eigenvalue weighted by Gasteiger charge is 2.18. The van der Waals surface area contributed by atoms with Crippen LogP contribution in [-0.4, -0.2) is 0 Å². The van der Waals surface area contributed by atoms with Crippen molar-refractivity contribution in [3.05, 3.63) is 11.6 Å². The van der Waals surface area contributed by atoms with Crippen LogP contribution in [0.3, 0.4) is 0 Å². The molecule has 0 heteroatoms. The Kier molecular flexibility index (Phi) is 1.33. The fraction of sp³-hybridized carbons (Fsp3) is 0.778. The minimum absolute atomic E-state index is 1.08. The molecule has 0 unspecified atom stereocenters. The van der Waals surface area contributed by atoms with Gasteiger partial charge < -0.3 is 0 Å². The number of fused-ring (bicyclic) bond motifs is 2. The highest BCUT2D eigenvalue weighted by atomic mass is 14.2. The van der Waals surface area contributed by atoms with E-state index in [1.807, 2.05) is 0 Å². The maximum Gasteiger partial charge on any atom is -0.0292 e. The van der Waals surface area contributed by atoms with Gasteiger partial charge in [-0.2, -0.15) is 0 Å². The first kappa shape index (κ1) is 5.52. The van der Waals surface area contributed by atoms with Gasteiger partial charge in [0.25, 0.3) is 0 Å². The first-order valence-corrected chi connectivity index (χ1v) is 4.13. The molecule has 50 valence electrons. The zero-order valence-corrected chi connectivity index (χ0v) is 5.90. The largest absolute Gasteiger partial charge is 0.0853 e. The van der Waals surface area contributed by atoms with Crippen molar-refractivity contribution < 1.29 is 0 Å². The molecule has 0 spiro atoms. The van der Waals surface area contributed by atoms with Gasteiger partial charge in [0, 0.05) is 0 Å². The van der Waals surface area contributed by atoms with Gasteiger partial charge in [-0.1, -0.05) is 11.6 Å². The second kappa shape index (κ2) is 2.17. The Hall–Kier alpha value is -0.260. The summed E-state index contributed by atoms with van der Waals surface area (Å²) < 4.78 is 0. The van der Waals surface area contributed by atoms with Crippen LogP contribution in [0.4, 0.5) is 0 Å². The van der Waals surface area contributed by atoms with E-state index in [-0.39, 0.29) is 0 Å². The van der Waals surface area contributed by atoms with Gasteiger partial charge in [0.15, 0.2) is 0 Å². The summed E-state index contributed by atoms with van der Waals surface area (Å²) in [7, 11) is 0. The van der Waals surface area contributed by atoms with Gasteiger partial charge in [-0.05, 0) is 44.4 Å². The fourth-order valence-corrected chi connectivity index (χ4v) is 2.15. The van der Waals surface area contributed by atoms with Crippen molar-refractivity contribution in [3.63, 3.8) is 0 Å². The molecule has 9 heavy (non-hydrogen) atoms. The average molecular weight is 122 g/mol. The monoisotopic (exact) mass is 122 g/mol. The summed E-state index contributed by atoms with van der Waals surface area (Å²) in [6, 6.07) is 0. The Labute approximate surface area is 57.0 Å². The Morgan fingerprint density at radius 3 is 3.11 bits per heavy atom. The van der Waals surface area contributed by atoms with E-state index in [1.54, 1.807) is 5.57 Å². The maximum absolute atomic E-state index is 2.47. The number of hydrogen-bond donors (Lipinski definition) is 0. The molecule has 1 fully saturated rings. The minimum atomic E-state index is 1.08. The van der Waals surface area contributed by atoms with Crippen LogP contribution in [0.1, 0.15) is 38.5 Å². The summed E-state index contributed by atoms with van der Waals surface area (Å²) in [6.07, 6.45) is 11.2. The summed E-state index contributed by atoms with van der Waals surface area (Å²) in [4.78, 5) is 0. The summed E-state index contributed by atoms with van der Waals surface area (Å²) >= 11 is 0. The topological polar surface area (TPSA) is 0 Å². The van der Waals surface area contributed by atoms with Crippen LogP contribution in [-0.2, 0) is 0 Å². The predicted octanol–water partition coefficient (Wildman–Crippen LogP) is 2.90. The molecule has 1 saturated carbocycles. The molecule has 0 N–H and O–H groups in total. The Morgan fingerprint density at radius 2 is 2.33 bits per heavy atom. The number of rotatable bonds is 0. The summed E-state index contributed by atoms with van der Waals surface area (Å²) in [5.41, 5.74) is 1.76. The van der Waals surface area contributed by atoms with Crippen molar-refractivity contribution in [2.75, 3.05) is 0 Å². The molecule has 0 nitrogen and oxygen atoms in total. The Morgan fingerprint density at radius 1 is 1.33 bits per heavy atom. The quantitative estimate of drug-likeness (QED) is 0.433. The van der Waals surface area contributed by atoms with Gasteiger partial charge in [-0.25, -0.2) is 0 Å². The third-order valence-corrected chi connectivity index (χ3v) is 2.67. The van der Waals surface area contributed by atoms with Crippen LogP contribution in [0.2, 0.25) is 0 Å². The molecule has 0 heterocycles. The third-order valence-electron chi connectivity index (χ3n) is 2.67. The van der Waals surface area contributed by atoms with Crippen LogP contribution < -0.4 is 0 Å². The Balaban J connectivity index is 2.13. The van der Waals surface area contributed by atoms with Gasteiger partial charge >= 0.3 is 0 Å². The minimum Gasteiger partial charge on any atom is -0.0853 e. The molecule has 2 rings (SSSR count). The summed E-state index contributed by atoms with van der Waals surface area (Å²) in [5.74, 6) is 1.08. The average Bonchev–Trinajstić information content (AvgIpc) is 1.88. The smallest absolute Gasteiger partial charge is 0.0292 e. The molecule has 0 amide bonds. The molecule has 2 aliphatic rings. The summed E-state index contributed by atoms with van der Waals surface area (Å²) in [5, 5.41) is 0. The molecule has 0 aliphatic heterocycles. The van der Waals surface area contributed by atoms with E-state index in [0.29, 0.717) is 0 Å². The lowest BCUT2D eigenvalue weighted by atomic mass is 9.79. The first-order valence-electron chi connectivity index (χ1n) is 4.13. The van der Waals surface area contributed by atoms with E-state index in [9.17, 15) is 0 Å². The highest BCUT2D eigenvalue weighted by Crippen LogP contribution is 2.35. The number of hydrogen-bond acceptors (Lipinski definition) is 0. The van der Waals surface area contributed by atoms with Crippen molar-refractivity contribution in [3.8, 4) is 0 Å². The van der Waals surface area contributed by atoms with E-state index in [4.69, 9.17) is 0 Å². The van der Waals surface area contributed by atoms with Crippen LogP contribution >= 0.6 is 0 Å². The van der Waals surface area contributed by atoms with Crippen LogP contribution in [0.25, 0.3) is 0 Å². The second-order valence-corrected chi connectivity index (χ2v) is 3.40. The maximum atomic E-state index is 2.47. The molecule has 1 atom stereocenters. The van der Waals surface area contributed by atoms with Crippen molar-refractivity contribution >= 4 is 0 Å². The van der Waals surface area contributed by atoms with Crippen molar-refractivity contribution in [1.29, 1.82) is 0 Å². The zero-order chi connectivity index (χ0) is 6.10. The molecule has 0 saturated heterocycles. The fourth-order valence-electron chi connectivity index (χ4n) is 2.15. The molecule has 0 aromatic carbocycles. The lowest BCUT2D eigenvalue weighted by Gasteiger charge is -2.27. The van der Waals surface area contributed by atoms with Crippen molar-refractivity contribution in [1.82, 2.24) is 0 Å². The molecule has 2 bridgehead atoms. The normalized spacial score (nSPS) is 33.8. The van der Waals surface area contributed by atoms with E-state index in [0.717, 1.165) is 5.92 Å². The van der Waals surface area contributed by atoms with Gasteiger partial charge in [-0.3, -0.25) is 0 Å². The van der Waals surface area contributed by atoms with Gasteiger partial charge in [-0.15, -0.1) is 0 Å². The van der Waals surface area contributed by atoms with E-state index < -0.39 is 0 Å².